The fourth-order valence-electron chi connectivity index (χ4n) is 3.00. The van der Waals surface area contributed by atoms with Crippen molar-refractivity contribution in [2.75, 3.05) is 13.2 Å². The maximum atomic E-state index is 11.6. The molecule has 0 aromatic carbocycles. The zero-order valence-corrected chi connectivity index (χ0v) is 18.1. The minimum absolute atomic E-state index is 0.0469. The van der Waals surface area contributed by atoms with Gasteiger partial charge >= 0.3 is 11.9 Å². The van der Waals surface area contributed by atoms with Crippen LogP contribution in [0.1, 0.15) is 123 Å². The Labute approximate surface area is 167 Å². The summed E-state index contributed by atoms with van der Waals surface area (Å²) in [5.74, 6) is -0.103. The van der Waals surface area contributed by atoms with Crippen LogP contribution in [0, 0.1) is 0 Å². The second kappa shape index (κ2) is 21.2. The monoisotopic (exact) mass is 384 g/mol. The van der Waals surface area contributed by atoms with E-state index in [-0.39, 0.29) is 11.9 Å². The second-order valence-corrected chi connectivity index (χ2v) is 7.54. The van der Waals surface area contributed by atoms with E-state index in [4.69, 9.17) is 9.47 Å². The summed E-state index contributed by atoms with van der Waals surface area (Å²) >= 11 is 0. The number of carbonyl (C=O) groups is 2. The van der Waals surface area contributed by atoms with Crippen LogP contribution in [0.3, 0.4) is 0 Å². The topological polar surface area (TPSA) is 52.6 Å². The number of ether oxygens (including phenoxy) is 2. The molecular weight excluding hydrogens is 340 g/mol. The number of hydrogen-bond acceptors (Lipinski definition) is 4. The smallest absolute Gasteiger partial charge is 0.305 e. The first-order chi connectivity index (χ1) is 13.2. The lowest BCUT2D eigenvalue weighted by Gasteiger charge is -2.05. The Balaban J connectivity index is 3.25. The largest absolute Gasteiger partial charge is 0.466 e. The number of esters is 2. The Morgan fingerprint density at radius 2 is 0.815 bits per heavy atom. The summed E-state index contributed by atoms with van der Waals surface area (Å²) in [4.78, 5) is 23.2. The van der Waals surface area contributed by atoms with Crippen molar-refractivity contribution in [3.8, 4) is 0 Å². The highest BCUT2D eigenvalue weighted by molar-refractivity contribution is 5.69. The summed E-state index contributed by atoms with van der Waals surface area (Å²) in [7, 11) is 0. The second-order valence-electron chi connectivity index (χ2n) is 7.54. The fourth-order valence-corrected chi connectivity index (χ4v) is 3.00. The van der Waals surface area contributed by atoms with Crippen molar-refractivity contribution in [1.82, 2.24) is 0 Å². The van der Waals surface area contributed by atoms with Gasteiger partial charge in [0.05, 0.1) is 13.2 Å². The van der Waals surface area contributed by atoms with E-state index in [0.717, 1.165) is 64.2 Å². The van der Waals surface area contributed by atoms with Crippen LogP contribution in [0.25, 0.3) is 0 Å². The van der Waals surface area contributed by atoms with Gasteiger partial charge in [-0.3, -0.25) is 9.59 Å². The summed E-state index contributed by atoms with van der Waals surface area (Å²) in [6.45, 7) is 5.51. The molecule has 0 aliphatic heterocycles. The molecule has 0 radical (unpaired) electrons. The third kappa shape index (κ3) is 21.1. The van der Waals surface area contributed by atoms with Gasteiger partial charge in [-0.2, -0.15) is 0 Å². The van der Waals surface area contributed by atoms with E-state index in [1.165, 1.54) is 32.1 Å². The summed E-state index contributed by atoms with van der Waals surface area (Å²) in [6.07, 6.45) is 17.8. The molecule has 0 rings (SSSR count). The molecule has 0 amide bonds. The molecule has 0 aliphatic carbocycles. The van der Waals surface area contributed by atoms with Crippen molar-refractivity contribution in [1.29, 1.82) is 0 Å². The molecule has 0 atom stereocenters. The van der Waals surface area contributed by atoms with Gasteiger partial charge in [-0.25, -0.2) is 0 Å². The molecule has 0 aromatic heterocycles. The van der Waals surface area contributed by atoms with E-state index in [2.05, 4.69) is 13.8 Å². The van der Waals surface area contributed by atoms with E-state index >= 15 is 0 Å². The first-order valence-corrected chi connectivity index (χ1v) is 11.5. The van der Waals surface area contributed by atoms with Gasteiger partial charge in [-0.05, 0) is 25.7 Å². The molecule has 160 valence electrons. The van der Waals surface area contributed by atoms with E-state index < -0.39 is 0 Å². The van der Waals surface area contributed by atoms with Gasteiger partial charge in [-0.15, -0.1) is 0 Å². The van der Waals surface area contributed by atoms with Crippen LogP contribution in [0.4, 0.5) is 0 Å². The predicted octanol–water partition coefficient (Wildman–Crippen LogP) is 6.74. The Bertz CT molecular complexity index is 341. The van der Waals surface area contributed by atoms with Gasteiger partial charge < -0.3 is 9.47 Å². The minimum Gasteiger partial charge on any atom is -0.466 e. The molecule has 4 nitrogen and oxygen atoms in total. The predicted molar refractivity (Wildman–Crippen MR) is 112 cm³/mol. The van der Waals surface area contributed by atoms with E-state index in [1.807, 2.05) is 0 Å². The lowest BCUT2D eigenvalue weighted by molar-refractivity contribution is -0.144. The zero-order chi connectivity index (χ0) is 20.0. The number of carbonyl (C=O) groups excluding carboxylic acids is 2. The van der Waals surface area contributed by atoms with Gasteiger partial charge in [0.2, 0.25) is 0 Å². The molecule has 4 heteroatoms. The molecule has 27 heavy (non-hydrogen) atoms. The molecule has 0 spiro atoms. The van der Waals surface area contributed by atoms with Crippen molar-refractivity contribution < 1.29 is 19.1 Å². The standard InChI is InChI=1S/C23H44O4/c1-3-5-7-8-13-17-21-27-23(25)19-15-12-10-9-11-14-18-22(24)26-20-16-6-4-2/h3-21H2,1-2H3. The van der Waals surface area contributed by atoms with Crippen molar-refractivity contribution in [3.05, 3.63) is 0 Å². The van der Waals surface area contributed by atoms with E-state index in [9.17, 15) is 9.59 Å². The van der Waals surface area contributed by atoms with Crippen LogP contribution in [0.5, 0.6) is 0 Å². The quantitative estimate of drug-likeness (QED) is 0.172. The first kappa shape index (κ1) is 25.9. The van der Waals surface area contributed by atoms with E-state index in [1.54, 1.807) is 0 Å². The van der Waals surface area contributed by atoms with Crippen molar-refractivity contribution in [2.24, 2.45) is 0 Å². The van der Waals surface area contributed by atoms with Gasteiger partial charge in [0.25, 0.3) is 0 Å². The third-order valence-corrected chi connectivity index (χ3v) is 4.78. The Morgan fingerprint density at radius 3 is 1.30 bits per heavy atom. The van der Waals surface area contributed by atoms with Crippen molar-refractivity contribution in [3.63, 3.8) is 0 Å². The molecule has 0 bridgehead atoms. The van der Waals surface area contributed by atoms with Crippen LogP contribution in [-0.2, 0) is 19.1 Å². The van der Waals surface area contributed by atoms with Crippen LogP contribution < -0.4 is 0 Å². The maximum absolute atomic E-state index is 11.6. The minimum atomic E-state index is -0.0563. The average Bonchev–Trinajstić information content (AvgIpc) is 2.66. The van der Waals surface area contributed by atoms with Gasteiger partial charge in [-0.1, -0.05) is 84.5 Å². The lowest BCUT2D eigenvalue weighted by Crippen LogP contribution is -2.06. The van der Waals surface area contributed by atoms with Crippen LogP contribution in [0.15, 0.2) is 0 Å². The molecule has 0 aliphatic rings. The molecular formula is C23H44O4. The lowest BCUT2D eigenvalue weighted by atomic mass is 10.1. The third-order valence-electron chi connectivity index (χ3n) is 4.78. The van der Waals surface area contributed by atoms with Crippen LogP contribution in [0.2, 0.25) is 0 Å². The van der Waals surface area contributed by atoms with Gasteiger partial charge in [0.15, 0.2) is 0 Å². The Morgan fingerprint density at radius 1 is 0.481 bits per heavy atom. The molecule has 0 fully saturated rings. The number of rotatable bonds is 20. The van der Waals surface area contributed by atoms with Gasteiger partial charge in [0.1, 0.15) is 0 Å². The highest BCUT2D eigenvalue weighted by atomic mass is 16.5. The van der Waals surface area contributed by atoms with E-state index in [0.29, 0.717) is 26.1 Å². The van der Waals surface area contributed by atoms with Crippen LogP contribution >= 0.6 is 0 Å². The Kier molecular flexibility index (Phi) is 20.4. The molecule has 0 heterocycles. The number of unbranched alkanes of at least 4 members (excludes halogenated alkanes) is 12. The summed E-state index contributed by atoms with van der Waals surface area (Å²) in [5, 5.41) is 0. The number of hydrogen-bond donors (Lipinski definition) is 0. The normalized spacial score (nSPS) is 10.7. The Hall–Kier alpha value is -1.06. The van der Waals surface area contributed by atoms with Crippen molar-refractivity contribution in [2.45, 2.75) is 123 Å². The first-order valence-electron chi connectivity index (χ1n) is 11.5. The molecule has 0 saturated heterocycles. The van der Waals surface area contributed by atoms with Crippen molar-refractivity contribution >= 4 is 11.9 Å². The molecule has 0 unspecified atom stereocenters. The SMILES string of the molecule is CCCCCCCCOC(=O)CCCCCCCCC(=O)OCCCCC. The summed E-state index contributed by atoms with van der Waals surface area (Å²) in [6, 6.07) is 0. The average molecular weight is 385 g/mol. The maximum Gasteiger partial charge on any atom is 0.305 e. The fraction of sp³-hybridized carbons (Fsp3) is 0.913. The van der Waals surface area contributed by atoms with Gasteiger partial charge in [0, 0.05) is 12.8 Å². The highest BCUT2D eigenvalue weighted by Gasteiger charge is 2.04. The molecule has 0 aromatic rings. The molecule has 0 saturated carbocycles. The highest BCUT2D eigenvalue weighted by Crippen LogP contribution is 2.10. The van der Waals surface area contributed by atoms with Crippen LogP contribution in [-0.4, -0.2) is 25.2 Å². The summed E-state index contributed by atoms with van der Waals surface area (Å²) in [5.41, 5.74) is 0. The summed E-state index contributed by atoms with van der Waals surface area (Å²) < 4.78 is 10.5. The molecule has 0 N–H and O–H groups in total. The zero-order valence-electron chi connectivity index (χ0n) is 18.1.